The van der Waals surface area contributed by atoms with Crippen LogP contribution in [0.25, 0.3) is 0 Å². The molecule has 1 atom stereocenters. The summed E-state index contributed by atoms with van der Waals surface area (Å²) in [4.78, 5) is 2.57. The standard InChI is InChI=1S/C9H20N2/c1-8(2)11-7-5-9(11)4-3-6-10/h8-9H,3-7,10H2,1-2H3. The van der Waals surface area contributed by atoms with Crippen LogP contribution in [-0.4, -0.2) is 30.1 Å². The first kappa shape index (κ1) is 9.01. The van der Waals surface area contributed by atoms with Gasteiger partial charge in [-0.05, 0) is 39.7 Å². The molecule has 0 saturated carbocycles. The van der Waals surface area contributed by atoms with Gasteiger partial charge in [-0.2, -0.15) is 0 Å². The summed E-state index contributed by atoms with van der Waals surface area (Å²) in [5, 5.41) is 0. The second kappa shape index (κ2) is 4.07. The summed E-state index contributed by atoms with van der Waals surface area (Å²) in [5.74, 6) is 0. The molecular weight excluding hydrogens is 136 g/mol. The molecule has 0 radical (unpaired) electrons. The molecule has 2 nitrogen and oxygen atoms in total. The van der Waals surface area contributed by atoms with Gasteiger partial charge in [0.05, 0.1) is 0 Å². The molecule has 11 heavy (non-hydrogen) atoms. The molecule has 1 unspecified atom stereocenters. The molecule has 1 rings (SSSR count). The Morgan fingerprint density at radius 2 is 2.27 bits per heavy atom. The fourth-order valence-corrected chi connectivity index (χ4v) is 1.80. The maximum atomic E-state index is 5.46. The lowest BCUT2D eigenvalue weighted by Gasteiger charge is -2.44. The summed E-state index contributed by atoms with van der Waals surface area (Å²) in [6.45, 7) is 6.69. The van der Waals surface area contributed by atoms with E-state index >= 15 is 0 Å². The largest absolute Gasteiger partial charge is 0.330 e. The fraction of sp³-hybridized carbons (Fsp3) is 1.00. The van der Waals surface area contributed by atoms with Gasteiger partial charge in [-0.3, -0.25) is 4.90 Å². The predicted octanol–water partition coefficient (Wildman–Crippen LogP) is 1.21. The zero-order valence-electron chi connectivity index (χ0n) is 7.71. The van der Waals surface area contributed by atoms with Gasteiger partial charge in [0.25, 0.3) is 0 Å². The number of likely N-dealkylation sites (tertiary alicyclic amines) is 1. The van der Waals surface area contributed by atoms with E-state index in [4.69, 9.17) is 5.73 Å². The smallest absolute Gasteiger partial charge is 0.0111 e. The van der Waals surface area contributed by atoms with Crippen molar-refractivity contribution in [2.24, 2.45) is 5.73 Å². The van der Waals surface area contributed by atoms with Gasteiger partial charge >= 0.3 is 0 Å². The minimum Gasteiger partial charge on any atom is -0.330 e. The minimum atomic E-state index is 0.728. The third-order valence-electron chi connectivity index (χ3n) is 2.59. The Kier molecular flexibility index (Phi) is 3.34. The van der Waals surface area contributed by atoms with Crippen molar-refractivity contribution in [1.82, 2.24) is 4.90 Å². The second-order valence-electron chi connectivity index (χ2n) is 3.70. The first-order chi connectivity index (χ1) is 5.25. The summed E-state index contributed by atoms with van der Waals surface area (Å²) in [7, 11) is 0. The van der Waals surface area contributed by atoms with E-state index in [9.17, 15) is 0 Å². The van der Waals surface area contributed by atoms with Crippen molar-refractivity contribution in [3.8, 4) is 0 Å². The second-order valence-corrected chi connectivity index (χ2v) is 3.70. The minimum absolute atomic E-state index is 0.728. The highest BCUT2D eigenvalue weighted by atomic mass is 15.2. The van der Waals surface area contributed by atoms with Crippen LogP contribution in [0.1, 0.15) is 33.1 Å². The molecule has 0 spiro atoms. The number of nitrogens with zero attached hydrogens (tertiary/aromatic N) is 1. The van der Waals surface area contributed by atoms with Gasteiger partial charge in [0.2, 0.25) is 0 Å². The Hall–Kier alpha value is -0.0800. The molecule has 0 amide bonds. The summed E-state index contributed by atoms with van der Waals surface area (Å²) >= 11 is 0. The molecule has 1 saturated heterocycles. The van der Waals surface area contributed by atoms with E-state index in [0.29, 0.717) is 0 Å². The van der Waals surface area contributed by atoms with Crippen molar-refractivity contribution in [2.45, 2.75) is 45.2 Å². The third-order valence-corrected chi connectivity index (χ3v) is 2.59. The zero-order valence-corrected chi connectivity index (χ0v) is 7.71. The highest BCUT2D eigenvalue weighted by Gasteiger charge is 2.28. The Labute approximate surface area is 69.8 Å². The van der Waals surface area contributed by atoms with Crippen LogP contribution in [-0.2, 0) is 0 Å². The van der Waals surface area contributed by atoms with Crippen molar-refractivity contribution < 1.29 is 0 Å². The molecular formula is C9H20N2. The van der Waals surface area contributed by atoms with Gasteiger partial charge in [-0.1, -0.05) is 0 Å². The van der Waals surface area contributed by atoms with Crippen LogP contribution in [0.2, 0.25) is 0 Å². The Morgan fingerprint density at radius 3 is 2.64 bits per heavy atom. The van der Waals surface area contributed by atoms with Gasteiger partial charge < -0.3 is 5.73 Å². The monoisotopic (exact) mass is 156 g/mol. The molecule has 0 aromatic rings. The van der Waals surface area contributed by atoms with Crippen molar-refractivity contribution >= 4 is 0 Å². The molecule has 1 heterocycles. The summed E-state index contributed by atoms with van der Waals surface area (Å²) < 4.78 is 0. The Morgan fingerprint density at radius 1 is 1.55 bits per heavy atom. The van der Waals surface area contributed by atoms with Crippen molar-refractivity contribution in [2.75, 3.05) is 13.1 Å². The average molecular weight is 156 g/mol. The van der Waals surface area contributed by atoms with E-state index in [2.05, 4.69) is 18.7 Å². The van der Waals surface area contributed by atoms with E-state index in [1.54, 1.807) is 0 Å². The van der Waals surface area contributed by atoms with Crippen LogP contribution in [0, 0.1) is 0 Å². The van der Waals surface area contributed by atoms with E-state index in [1.807, 2.05) is 0 Å². The topological polar surface area (TPSA) is 29.3 Å². The molecule has 1 aliphatic rings. The molecule has 2 heteroatoms. The van der Waals surface area contributed by atoms with Gasteiger partial charge in [-0.15, -0.1) is 0 Å². The van der Waals surface area contributed by atoms with E-state index in [0.717, 1.165) is 18.6 Å². The van der Waals surface area contributed by atoms with Gasteiger partial charge in [0.15, 0.2) is 0 Å². The molecule has 2 N–H and O–H groups in total. The summed E-state index contributed by atoms with van der Waals surface area (Å²) in [5.41, 5.74) is 5.46. The van der Waals surface area contributed by atoms with Crippen molar-refractivity contribution in [3.63, 3.8) is 0 Å². The lowest BCUT2D eigenvalue weighted by molar-refractivity contribution is 0.0500. The maximum Gasteiger partial charge on any atom is 0.0111 e. The normalized spacial score (nSPS) is 25.6. The number of hydrogen-bond acceptors (Lipinski definition) is 2. The van der Waals surface area contributed by atoms with E-state index in [-0.39, 0.29) is 0 Å². The molecule has 0 aromatic carbocycles. The summed E-state index contributed by atoms with van der Waals surface area (Å²) in [6.07, 6.45) is 3.88. The quantitative estimate of drug-likeness (QED) is 0.663. The number of nitrogens with two attached hydrogens (primary N) is 1. The maximum absolute atomic E-state index is 5.46. The SMILES string of the molecule is CC(C)N1CCC1CCCN. The van der Waals surface area contributed by atoms with Gasteiger partial charge in [0.1, 0.15) is 0 Å². The predicted molar refractivity (Wildman–Crippen MR) is 48.5 cm³/mol. The van der Waals surface area contributed by atoms with E-state index < -0.39 is 0 Å². The lowest BCUT2D eigenvalue weighted by atomic mass is 9.96. The third kappa shape index (κ3) is 2.17. The van der Waals surface area contributed by atoms with Crippen LogP contribution in [0.15, 0.2) is 0 Å². The van der Waals surface area contributed by atoms with E-state index in [1.165, 1.54) is 25.8 Å². The van der Waals surface area contributed by atoms with Crippen LogP contribution in [0.5, 0.6) is 0 Å². The van der Waals surface area contributed by atoms with Crippen LogP contribution in [0.4, 0.5) is 0 Å². The van der Waals surface area contributed by atoms with Gasteiger partial charge in [-0.25, -0.2) is 0 Å². The highest BCUT2D eigenvalue weighted by molar-refractivity contribution is 4.84. The Balaban J connectivity index is 2.15. The highest BCUT2D eigenvalue weighted by Crippen LogP contribution is 2.23. The molecule has 0 bridgehead atoms. The first-order valence-corrected chi connectivity index (χ1v) is 4.71. The van der Waals surface area contributed by atoms with Crippen molar-refractivity contribution in [1.29, 1.82) is 0 Å². The van der Waals surface area contributed by atoms with Gasteiger partial charge in [0, 0.05) is 18.6 Å². The molecule has 1 aliphatic heterocycles. The molecule has 0 aliphatic carbocycles. The average Bonchev–Trinajstić information content (AvgIpc) is 1.84. The number of hydrogen-bond donors (Lipinski definition) is 1. The van der Waals surface area contributed by atoms with Crippen molar-refractivity contribution in [3.05, 3.63) is 0 Å². The van der Waals surface area contributed by atoms with Crippen LogP contribution < -0.4 is 5.73 Å². The fourth-order valence-electron chi connectivity index (χ4n) is 1.80. The Bertz CT molecular complexity index is 112. The lowest BCUT2D eigenvalue weighted by Crippen LogP contribution is -2.51. The molecule has 0 aromatic heterocycles. The first-order valence-electron chi connectivity index (χ1n) is 4.71. The summed E-state index contributed by atoms with van der Waals surface area (Å²) in [6, 6.07) is 1.57. The number of rotatable bonds is 4. The van der Waals surface area contributed by atoms with Crippen LogP contribution >= 0.6 is 0 Å². The van der Waals surface area contributed by atoms with Crippen LogP contribution in [0.3, 0.4) is 0 Å². The molecule has 66 valence electrons. The zero-order chi connectivity index (χ0) is 8.27. The molecule has 1 fully saturated rings.